The van der Waals surface area contributed by atoms with Gasteiger partial charge in [-0.2, -0.15) is 0 Å². The van der Waals surface area contributed by atoms with E-state index < -0.39 is 0 Å². The highest BCUT2D eigenvalue weighted by molar-refractivity contribution is 6.02. The Morgan fingerprint density at radius 3 is 3.06 bits per heavy atom. The molecule has 5 nitrogen and oxygen atoms in total. The van der Waals surface area contributed by atoms with Crippen molar-refractivity contribution in [2.24, 2.45) is 16.5 Å². The van der Waals surface area contributed by atoms with Crippen LogP contribution in [0.3, 0.4) is 0 Å². The molecule has 1 atom stereocenters. The predicted octanol–water partition coefficient (Wildman–Crippen LogP) is 0.344. The minimum absolute atomic E-state index is 0.0488. The first-order valence-electron chi connectivity index (χ1n) is 5.55. The van der Waals surface area contributed by atoms with Gasteiger partial charge in [0.2, 0.25) is 0 Å². The number of hydrogen-bond donors (Lipinski definition) is 2. The van der Waals surface area contributed by atoms with E-state index in [0.717, 1.165) is 30.5 Å². The van der Waals surface area contributed by atoms with Crippen molar-refractivity contribution in [1.82, 2.24) is 0 Å². The van der Waals surface area contributed by atoms with Gasteiger partial charge in [0.1, 0.15) is 6.54 Å². The largest absolute Gasteiger partial charge is 0.465 e. The van der Waals surface area contributed by atoms with E-state index in [2.05, 4.69) is 4.99 Å². The molecule has 0 aromatic heterocycles. The Kier molecular flexibility index (Phi) is 4.98. The van der Waals surface area contributed by atoms with E-state index in [1.54, 1.807) is 6.92 Å². The highest BCUT2D eigenvalue weighted by Gasteiger charge is 2.20. The third-order valence-corrected chi connectivity index (χ3v) is 2.55. The number of hydrogen-bond acceptors (Lipinski definition) is 5. The van der Waals surface area contributed by atoms with Crippen LogP contribution in [0.1, 0.15) is 26.2 Å². The van der Waals surface area contributed by atoms with Crippen molar-refractivity contribution < 1.29 is 9.53 Å². The number of rotatable bonds is 3. The molecule has 0 aliphatic heterocycles. The number of nitrogens with two attached hydrogens (primary N) is 2. The Morgan fingerprint density at radius 2 is 2.44 bits per heavy atom. The molecule has 5 heteroatoms. The first-order chi connectivity index (χ1) is 7.69. The zero-order valence-corrected chi connectivity index (χ0v) is 9.61. The van der Waals surface area contributed by atoms with E-state index in [-0.39, 0.29) is 18.6 Å². The highest BCUT2D eigenvalue weighted by atomic mass is 16.5. The summed E-state index contributed by atoms with van der Waals surface area (Å²) in [5.41, 5.74) is 13.1. The fourth-order valence-corrected chi connectivity index (χ4v) is 1.76. The van der Waals surface area contributed by atoms with E-state index in [0.29, 0.717) is 6.61 Å². The van der Waals surface area contributed by atoms with Gasteiger partial charge in [0.25, 0.3) is 0 Å². The van der Waals surface area contributed by atoms with Crippen LogP contribution >= 0.6 is 0 Å². The van der Waals surface area contributed by atoms with Gasteiger partial charge >= 0.3 is 5.97 Å². The fourth-order valence-electron chi connectivity index (χ4n) is 1.76. The highest BCUT2D eigenvalue weighted by Crippen LogP contribution is 2.19. The minimum Gasteiger partial charge on any atom is -0.465 e. The summed E-state index contributed by atoms with van der Waals surface area (Å²) in [7, 11) is 0. The van der Waals surface area contributed by atoms with Crippen LogP contribution in [0, 0.1) is 0 Å². The van der Waals surface area contributed by atoms with E-state index in [1.807, 2.05) is 0 Å². The molecule has 1 aliphatic carbocycles. The van der Waals surface area contributed by atoms with Gasteiger partial charge in [-0.3, -0.25) is 9.79 Å². The Balaban J connectivity index is 2.63. The number of aliphatic imine (C=N–C) groups is 1. The average molecular weight is 225 g/mol. The number of nitrogens with zero attached hydrogens (tertiary/aromatic N) is 1. The van der Waals surface area contributed by atoms with Gasteiger partial charge in [-0.25, -0.2) is 0 Å². The molecule has 0 aromatic rings. The van der Waals surface area contributed by atoms with Gasteiger partial charge < -0.3 is 16.2 Å². The molecule has 1 aliphatic rings. The Hall–Kier alpha value is -1.36. The van der Waals surface area contributed by atoms with Crippen LogP contribution in [0.2, 0.25) is 0 Å². The summed E-state index contributed by atoms with van der Waals surface area (Å²) in [6, 6.07) is -0.0558. The molecule has 1 fully saturated rings. The Bertz CT molecular complexity index is 310. The normalized spacial score (nSPS) is 26.0. The monoisotopic (exact) mass is 225 g/mol. The SMILES string of the molecule is CCOC(=O)CN=C1CCC[C@H](N)C1=CN. The Morgan fingerprint density at radius 1 is 1.69 bits per heavy atom. The molecule has 0 unspecified atom stereocenters. The maximum absolute atomic E-state index is 11.2. The van der Waals surface area contributed by atoms with Crippen molar-refractivity contribution in [2.45, 2.75) is 32.2 Å². The second-order valence-electron chi connectivity index (χ2n) is 3.69. The summed E-state index contributed by atoms with van der Waals surface area (Å²) in [5.74, 6) is -0.314. The van der Waals surface area contributed by atoms with Crippen molar-refractivity contribution in [2.75, 3.05) is 13.2 Å². The maximum Gasteiger partial charge on any atom is 0.327 e. The number of carbonyl (C=O) groups is 1. The first-order valence-corrected chi connectivity index (χ1v) is 5.55. The molecule has 0 bridgehead atoms. The summed E-state index contributed by atoms with van der Waals surface area (Å²) < 4.78 is 4.80. The standard InChI is InChI=1S/C11H19N3O2/c1-2-16-11(15)7-14-10-5-3-4-9(13)8(10)6-12/h6,9H,2-5,7,12-13H2,1H3/t9-/m0/s1. The number of esters is 1. The smallest absolute Gasteiger partial charge is 0.327 e. The van der Waals surface area contributed by atoms with E-state index in [4.69, 9.17) is 16.2 Å². The summed E-state index contributed by atoms with van der Waals surface area (Å²) >= 11 is 0. The minimum atomic E-state index is -0.314. The van der Waals surface area contributed by atoms with Crippen LogP contribution in [-0.4, -0.2) is 30.9 Å². The molecule has 1 saturated carbocycles. The van der Waals surface area contributed by atoms with E-state index in [9.17, 15) is 4.79 Å². The molecule has 0 spiro atoms. The van der Waals surface area contributed by atoms with E-state index >= 15 is 0 Å². The van der Waals surface area contributed by atoms with Crippen molar-refractivity contribution >= 4 is 11.7 Å². The molecule has 0 saturated heterocycles. The van der Waals surface area contributed by atoms with Crippen LogP contribution < -0.4 is 11.5 Å². The molecule has 1 rings (SSSR count). The van der Waals surface area contributed by atoms with Gasteiger partial charge in [-0.05, 0) is 26.2 Å². The molecule has 0 amide bonds. The summed E-state index contributed by atoms with van der Waals surface area (Å²) in [6.45, 7) is 2.20. The van der Waals surface area contributed by atoms with Gasteiger partial charge in [-0.15, -0.1) is 0 Å². The molecule has 90 valence electrons. The van der Waals surface area contributed by atoms with Gasteiger partial charge in [0, 0.05) is 23.5 Å². The lowest BCUT2D eigenvalue weighted by Gasteiger charge is -2.23. The Labute approximate surface area is 95.5 Å². The van der Waals surface area contributed by atoms with Crippen molar-refractivity contribution in [1.29, 1.82) is 0 Å². The average Bonchev–Trinajstić information content (AvgIpc) is 2.27. The summed E-state index contributed by atoms with van der Waals surface area (Å²) in [6.07, 6.45) is 4.23. The molecular weight excluding hydrogens is 206 g/mol. The summed E-state index contributed by atoms with van der Waals surface area (Å²) in [4.78, 5) is 15.4. The van der Waals surface area contributed by atoms with Crippen LogP contribution in [0.5, 0.6) is 0 Å². The van der Waals surface area contributed by atoms with Crippen molar-refractivity contribution in [3.05, 3.63) is 11.8 Å². The lowest BCUT2D eigenvalue weighted by Crippen LogP contribution is -2.32. The fraction of sp³-hybridized carbons (Fsp3) is 0.636. The second-order valence-corrected chi connectivity index (χ2v) is 3.69. The second kappa shape index (κ2) is 6.27. The zero-order chi connectivity index (χ0) is 12.0. The van der Waals surface area contributed by atoms with Crippen LogP contribution in [0.15, 0.2) is 16.8 Å². The molecule has 0 heterocycles. The van der Waals surface area contributed by atoms with Gasteiger partial charge in [0.05, 0.1) is 6.61 Å². The van der Waals surface area contributed by atoms with Crippen LogP contribution in [-0.2, 0) is 9.53 Å². The summed E-state index contributed by atoms with van der Waals surface area (Å²) in [5, 5.41) is 0. The van der Waals surface area contributed by atoms with Gasteiger partial charge in [-0.1, -0.05) is 0 Å². The van der Waals surface area contributed by atoms with Crippen LogP contribution in [0.25, 0.3) is 0 Å². The zero-order valence-electron chi connectivity index (χ0n) is 9.61. The van der Waals surface area contributed by atoms with E-state index in [1.165, 1.54) is 6.20 Å². The molecule has 4 N–H and O–H groups in total. The third kappa shape index (κ3) is 3.34. The molecule has 0 radical (unpaired) electrons. The molecule has 0 aromatic carbocycles. The number of ether oxygens (including phenoxy) is 1. The lowest BCUT2D eigenvalue weighted by molar-refractivity contribution is -0.141. The first kappa shape index (κ1) is 12.7. The molecular formula is C11H19N3O2. The quantitative estimate of drug-likeness (QED) is 0.678. The van der Waals surface area contributed by atoms with Gasteiger partial charge in [0.15, 0.2) is 0 Å². The van der Waals surface area contributed by atoms with Crippen molar-refractivity contribution in [3.8, 4) is 0 Å². The predicted molar refractivity (Wildman–Crippen MR) is 63.0 cm³/mol. The van der Waals surface area contributed by atoms with Crippen molar-refractivity contribution in [3.63, 3.8) is 0 Å². The maximum atomic E-state index is 11.2. The topological polar surface area (TPSA) is 90.7 Å². The molecule has 16 heavy (non-hydrogen) atoms. The lowest BCUT2D eigenvalue weighted by atomic mass is 9.89. The van der Waals surface area contributed by atoms with Crippen LogP contribution in [0.4, 0.5) is 0 Å². The third-order valence-electron chi connectivity index (χ3n) is 2.55. The number of carbonyl (C=O) groups excluding carboxylic acids is 1.